The molecule has 250 valence electrons. The van der Waals surface area contributed by atoms with E-state index in [2.05, 4.69) is 58.7 Å². The third-order valence-corrected chi connectivity index (χ3v) is 8.02. The fourth-order valence-corrected chi connectivity index (χ4v) is 6.11. The van der Waals surface area contributed by atoms with E-state index in [0.717, 1.165) is 13.0 Å². The smallest absolute Gasteiger partial charge is 0.337 e. The molecule has 1 unspecified atom stereocenters. The largest absolute Gasteiger partial charge is 0.466 e. The van der Waals surface area contributed by atoms with Gasteiger partial charge in [0.15, 0.2) is 0 Å². The summed E-state index contributed by atoms with van der Waals surface area (Å²) in [5.41, 5.74) is 3.24. The molecule has 3 aromatic carbocycles. The van der Waals surface area contributed by atoms with Gasteiger partial charge in [-0.3, -0.25) is 10.1 Å². The van der Waals surface area contributed by atoms with Gasteiger partial charge in [0.05, 0.1) is 29.1 Å². The molecule has 0 fully saturated rings. The Morgan fingerprint density at radius 2 is 1.43 bits per heavy atom. The van der Waals surface area contributed by atoms with E-state index in [1.807, 2.05) is 46.9 Å². The summed E-state index contributed by atoms with van der Waals surface area (Å²) in [5.74, 6) is -1.96. The molecule has 1 atom stereocenters. The molecule has 9 nitrogen and oxygen atoms in total. The number of nitro benzene ring substituents is 1. The number of carbonyl (C=O) groups excluding carboxylic acids is 2. The quantitative estimate of drug-likeness (QED) is 0.123. The van der Waals surface area contributed by atoms with Crippen molar-refractivity contribution in [3.63, 3.8) is 0 Å². The average Bonchev–Trinajstić information content (AvgIpc) is 3.05. The molecule has 0 saturated carbocycles. The molecular formula is C38H47N3O6. The second-order valence-electron chi connectivity index (χ2n) is 12.0. The molecule has 0 aromatic heterocycles. The van der Waals surface area contributed by atoms with Crippen molar-refractivity contribution in [2.45, 2.75) is 65.4 Å². The van der Waals surface area contributed by atoms with Crippen LogP contribution in [0.1, 0.15) is 76.5 Å². The van der Waals surface area contributed by atoms with Crippen molar-refractivity contribution in [2.75, 3.05) is 27.2 Å². The van der Waals surface area contributed by atoms with Crippen LogP contribution in [-0.2, 0) is 19.1 Å². The van der Waals surface area contributed by atoms with Gasteiger partial charge in [-0.2, -0.15) is 0 Å². The SMILES string of the molecule is CC.COC(=O)C1=C(C)NC(C)=C(C(=O)OC(C)(C)CN(C)CCC(c2ccccc2)c2ccccc2)C1c1cccc([N+](=O)[O-])c1. The number of nitrogens with one attached hydrogen (secondary N) is 1. The van der Waals surface area contributed by atoms with Gasteiger partial charge >= 0.3 is 11.9 Å². The Hall–Kier alpha value is -4.76. The maximum atomic E-state index is 14.0. The van der Waals surface area contributed by atoms with Crippen LogP contribution in [0, 0.1) is 10.1 Å². The summed E-state index contributed by atoms with van der Waals surface area (Å²) in [4.78, 5) is 40.2. The Kier molecular flexibility index (Phi) is 13.0. The highest BCUT2D eigenvalue weighted by Crippen LogP contribution is 2.40. The fraction of sp³-hybridized carbons (Fsp3) is 0.368. The van der Waals surface area contributed by atoms with E-state index >= 15 is 0 Å². The first-order chi connectivity index (χ1) is 22.4. The lowest BCUT2D eigenvalue weighted by Gasteiger charge is -2.34. The van der Waals surface area contributed by atoms with Gasteiger partial charge < -0.3 is 19.7 Å². The van der Waals surface area contributed by atoms with Gasteiger partial charge in [-0.05, 0) is 64.4 Å². The summed E-state index contributed by atoms with van der Waals surface area (Å²) in [6.07, 6.45) is 0.865. The van der Waals surface area contributed by atoms with Gasteiger partial charge in [0.2, 0.25) is 0 Å². The van der Waals surface area contributed by atoms with Crippen molar-refractivity contribution in [3.8, 4) is 0 Å². The number of non-ortho nitro benzene ring substituents is 1. The highest BCUT2D eigenvalue weighted by molar-refractivity contribution is 6.00. The summed E-state index contributed by atoms with van der Waals surface area (Å²) in [6, 6.07) is 26.8. The number of rotatable bonds is 12. The van der Waals surface area contributed by atoms with E-state index in [4.69, 9.17) is 9.47 Å². The standard InChI is InChI=1S/C36H41N3O6.C2H6/c1-24-31(34(40)44-6)33(28-18-13-19-29(22-28)39(42)43)32(25(2)37-24)35(41)45-36(3,4)23-38(5)21-20-30(26-14-9-7-10-15-26)27-16-11-8-12-17-27;1-2/h7-19,22,30,33,37H,20-21,23H2,1-6H3;1-2H3. The van der Waals surface area contributed by atoms with Crippen molar-refractivity contribution in [2.24, 2.45) is 0 Å². The van der Waals surface area contributed by atoms with Crippen LogP contribution in [0.5, 0.6) is 0 Å². The number of hydrogen-bond donors (Lipinski definition) is 1. The van der Waals surface area contributed by atoms with Gasteiger partial charge in [-0.25, -0.2) is 9.59 Å². The molecule has 1 aliphatic heterocycles. The van der Waals surface area contributed by atoms with Gasteiger partial charge in [-0.1, -0.05) is 86.6 Å². The molecule has 0 bridgehead atoms. The van der Waals surface area contributed by atoms with Crippen LogP contribution in [-0.4, -0.2) is 54.6 Å². The predicted octanol–water partition coefficient (Wildman–Crippen LogP) is 7.50. The Morgan fingerprint density at radius 3 is 1.94 bits per heavy atom. The summed E-state index contributed by atoms with van der Waals surface area (Å²) in [5, 5.41) is 14.7. The summed E-state index contributed by atoms with van der Waals surface area (Å²) in [6.45, 7) is 12.3. The normalized spacial score (nSPS) is 14.7. The van der Waals surface area contributed by atoms with E-state index in [9.17, 15) is 19.7 Å². The molecule has 9 heteroatoms. The van der Waals surface area contributed by atoms with Crippen LogP contribution in [0.15, 0.2) is 107 Å². The van der Waals surface area contributed by atoms with Crippen LogP contribution in [0.4, 0.5) is 5.69 Å². The number of carbonyl (C=O) groups is 2. The van der Waals surface area contributed by atoms with Crippen molar-refractivity contribution < 1.29 is 24.0 Å². The number of ether oxygens (including phenoxy) is 2. The van der Waals surface area contributed by atoms with E-state index < -0.39 is 28.4 Å². The number of hydrogen-bond acceptors (Lipinski definition) is 8. The first kappa shape index (κ1) is 36.7. The molecular weight excluding hydrogens is 594 g/mol. The maximum absolute atomic E-state index is 14.0. The van der Waals surface area contributed by atoms with Gasteiger partial charge in [0.25, 0.3) is 5.69 Å². The first-order valence-corrected chi connectivity index (χ1v) is 15.9. The Labute approximate surface area is 278 Å². The molecule has 1 N–H and O–H groups in total. The summed E-state index contributed by atoms with van der Waals surface area (Å²) < 4.78 is 11.2. The van der Waals surface area contributed by atoms with E-state index in [0.29, 0.717) is 23.5 Å². The molecule has 4 rings (SSSR count). The second-order valence-corrected chi connectivity index (χ2v) is 12.0. The number of dihydropyridines is 1. The third-order valence-electron chi connectivity index (χ3n) is 8.02. The molecule has 1 heterocycles. The zero-order valence-corrected chi connectivity index (χ0v) is 28.7. The number of esters is 2. The Balaban J connectivity index is 0.00000294. The molecule has 0 saturated heterocycles. The van der Waals surface area contributed by atoms with Crippen LogP contribution in [0.25, 0.3) is 0 Å². The van der Waals surface area contributed by atoms with Gasteiger partial charge in [0.1, 0.15) is 5.60 Å². The summed E-state index contributed by atoms with van der Waals surface area (Å²) in [7, 11) is 3.26. The van der Waals surface area contributed by atoms with E-state index in [-0.39, 0.29) is 22.8 Å². The number of nitro groups is 1. The molecule has 0 spiro atoms. The maximum Gasteiger partial charge on any atom is 0.337 e. The Bertz CT molecular complexity index is 1560. The van der Waals surface area contributed by atoms with E-state index in [1.54, 1.807) is 19.9 Å². The number of benzene rings is 3. The minimum Gasteiger partial charge on any atom is -0.466 e. The minimum atomic E-state index is -0.919. The van der Waals surface area contributed by atoms with Crippen molar-refractivity contribution in [1.82, 2.24) is 10.2 Å². The minimum absolute atomic E-state index is 0.149. The zero-order valence-electron chi connectivity index (χ0n) is 28.7. The lowest BCUT2D eigenvalue weighted by molar-refractivity contribution is -0.384. The van der Waals surface area contributed by atoms with Crippen LogP contribution in [0.3, 0.4) is 0 Å². The van der Waals surface area contributed by atoms with Gasteiger partial charge in [0, 0.05) is 36.0 Å². The number of methoxy groups -OCH3 is 1. The van der Waals surface area contributed by atoms with Crippen molar-refractivity contribution in [3.05, 3.63) is 134 Å². The predicted molar refractivity (Wildman–Crippen MR) is 185 cm³/mol. The lowest BCUT2D eigenvalue weighted by Crippen LogP contribution is -2.42. The zero-order chi connectivity index (χ0) is 34.7. The van der Waals surface area contributed by atoms with Crippen molar-refractivity contribution >= 4 is 17.6 Å². The van der Waals surface area contributed by atoms with Crippen LogP contribution < -0.4 is 5.32 Å². The van der Waals surface area contributed by atoms with Crippen LogP contribution >= 0.6 is 0 Å². The molecule has 47 heavy (non-hydrogen) atoms. The molecule has 0 amide bonds. The topological polar surface area (TPSA) is 111 Å². The molecule has 3 aromatic rings. The molecule has 0 radical (unpaired) electrons. The monoisotopic (exact) mass is 641 g/mol. The van der Waals surface area contributed by atoms with E-state index in [1.165, 1.54) is 36.4 Å². The van der Waals surface area contributed by atoms with Crippen molar-refractivity contribution in [1.29, 1.82) is 0 Å². The van der Waals surface area contributed by atoms with Gasteiger partial charge in [-0.15, -0.1) is 0 Å². The lowest BCUT2D eigenvalue weighted by atomic mass is 9.80. The molecule has 1 aliphatic rings. The number of nitrogens with zero attached hydrogens (tertiary/aromatic N) is 2. The summed E-state index contributed by atoms with van der Waals surface area (Å²) >= 11 is 0. The number of allylic oxidation sites excluding steroid dienone is 2. The third kappa shape index (κ3) is 9.39. The Morgan fingerprint density at radius 1 is 0.894 bits per heavy atom. The average molecular weight is 642 g/mol. The first-order valence-electron chi connectivity index (χ1n) is 15.9. The second kappa shape index (κ2) is 16.7. The highest BCUT2D eigenvalue weighted by atomic mass is 16.6. The highest BCUT2D eigenvalue weighted by Gasteiger charge is 2.40. The van der Waals surface area contributed by atoms with Crippen LogP contribution in [0.2, 0.25) is 0 Å². The fourth-order valence-electron chi connectivity index (χ4n) is 6.11. The molecule has 0 aliphatic carbocycles. The number of likely N-dealkylation sites (N-methyl/N-ethyl adjacent to an activating group) is 1.